The van der Waals surface area contributed by atoms with Gasteiger partial charge in [0, 0.05) is 24.1 Å². The number of nitrogens with zero attached hydrogens (tertiary/aromatic N) is 3. The smallest absolute Gasteiger partial charge is 0.318 e. The molecule has 0 spiro atoms. The Hall–Kier alpha value is -0.750. The van der Waals surface area contributed by atoms with Crippen LogP contribution in [0.4, 0.5) is 6.01 Å². The molecule has 78 valence electrons. The van der Waals surface area contributed by atoms with Crippen molar-refractivity contribution >= 4 is 17.8 Å². The number of aromatic nitrogens is 2. The van der Waals surface area contributed by atoms with Gasteiger partial charge < -0.3 is 15.1 Å². The van der Waals surface area contributed by atoms with Crippen LogP contribution in [0.1, 0.15) is 12.8 Å². The van der Waals surface area contributed by atoms with Gasteiger partial charge in [-0.15, -0.1) is 5.10 Å². The minimum absolute atomic E-state index is 0.311. The van der Waals surface area contributed by atoms with Crippen molar-refractivity contribution in [2.45, 2.75) is 18.7 Å². The number of hydrogen-bond donors (Lipinski definition) is 1. The Morgan fingerprint density at radius 3 is 3.14 bits per heavy atom. The molecule has 0 saturated carbocycles. The minimum Gasteiger partial charge on any atom is -0.407 e. The van der Waals surface area contributed by atoms with Crippen molar-refractivity contribution in [3.05, 3.63) is 5.89 Å². The molecule has 5 nitrogen and oxygen atoms in total. The number of anilines is 1. The van der Waals surface area contributed by atoms with Crippen LogP contribution in [0.25, 0.3) is 0 Å². The first kappa shape index (κ1) is 9.79. The maximum atomic E-state index is 5.40. The van der Waals surface area contributed by atoms with Crippen molar-refractivity contribution in [3.63, 3.8) is 0 Å². The van der Waals surface area contributed by atoms with Crippen molar-refractivity contribution in [1.82, 2.24) is 10.2 Å². The molecular formula is C8H14N4OS. The van der Waals surface area contributed by atoms with Gasteiger partial charge in [0.25, 0.3) is 0 Å². The van der Waals surface area contributed by atoms with Crippen LogP contribution in [-0.2, 0) is 6.54 Å². The van der Waals surface area contributed by atoms with Crippen molar-refractivity contribution in [2.24, 2.45) is 5.73 Å². The molecular weight excluding hydrogens is 200 g/mol. The van der Waals surface area contributed by atoms with Gasteiger partial charge in [-0.25, -0.2) is 0 Å². The second-order valence-corrected chi connectivity index (χ2v) is 4.86. The summed E-state index contributed by atoms with van der Waals surface area (Å²) in [7, 11) is 0. The zero-order valence-corrected chi connectivity index (χ0v) is 8.96. The maximum Gasteiger partial charge on any atom is 0.318 e. The lowest BCUT2D eigenvalue weighted by atomic mass is 10.4. The van der Waals surface area contributed by atoms with E-state index in [1.807, 2.05) is 11.8 Å². The normalized spacial score (nSPS) is 22.7. The standard InChI is InChI=1S/C8H14N4OS/c1-6-5-12(2-3-14-6)8-11-10-7(4-9)13-8/h6H,2-5,9H2,1H3. The zero-order valence-electron chi connectivity index (χ0n) is 8.14. The number of nitrogens with two attached hydrogens (primary N) is 1. The third-order valence-corrected chi connectivity index (χ3v) is 3.28. The van der Waals surface area contributed by atoms with Gasteiger partial charge >= 0.3 is 6.01 Å². The molecule has 1 saturated heterocycles. The van der Waals surface area contributed by atoms with Gasteiger partial charge in [-0.1, -0.05) is 12.0 Å². The van der Waals surface area contributed by atoms with E-state index in [2.05, 4.69) is 22.0 Å². The summed E-state index contributed by atoms with van der Waals surface area (Å²) in [6, 6.07) is 0.609. The van der Waals surface area contributed by atoms with E-state index in [9.17, 15) is 0 Å². The van der Waals surface area contributed by atoms with E-state index in [0.29, 0.717) is 23.7 Å². The Kier molecular flexibility index (Phi) is 2.93. The van der Waals surface area contributed by atoms with E-state index < -0.39 is 0 Å². The quantitative estimate of drug-likeness (QED) is 0.772. The molecule has 1 aromatic rings. The lowest BCUT2D eigenvalue weighted by Gasteiger charge is -2.28. The van der Waals surface area contributed by atoms with E-state index in [4.69, 9.17) is 10.2 Å². The van der Waals surface area contributed by atoms with Gasteiger partial charge in [0.1, 0.15) is 0 Å². The largest absolute Gasteiger partial charge is 0.407 e. The topological polar surface area (TPSA) is 68.2 Å². The minimum atomic E-state index is 0.311. The third kappa shape index (κ3) is 2.01. The van der Waals surface area contributed by atoms with Gasteiger partial charge in [-0.05, 0) is 0 Å². The van der Waals surface area contributed by atoms with Gasteiger partial charge in [0.2, 0.25) is 5.89 Å². The molecule has 2 rings (SSSR count). The molecule has 1 aromatic heterocycles. The summed E-state index contributed by atoms with van der Waals surface area (Å²) < 4.78 is 5.39. The Labute approximate surface area is 87.0 Å². The highest BCUT2D eigenvalue weighted by atomic mass is 32.2. The zero-order chi connectivity index (χ0) is 9.97. The number of hydrogen-bond acceptors (Lipinski definition) is 6. The molecule has 1 aliphatic rings. The first-order chi connectivity index (χ1) is 6.79. The number of rotatable bonds is 2. The summed E-state index contributed by atoms with van der Waals surface area (Å²) in [6.45, 7) is 4.46. The van der Waals surface area contributed by atoms with Gasteiger partial charge in [-0.3, -0.25) is 0 Å². The van der Waals surface area contributed by atoms with Crippen LogP contribution >= 0.6 is 11.8 Å². The van der Waals surface area contributed by atoms with E-state index in [0.717, 1.165) is 18.8 Å². The summed E-state index contributed by atoms with van der Waals surface area (Å²) in [5.74, 6) is 1.62. The summed E-state index contributed by atoms with van der Waals surface area (Å²) >= 11 is 1.97. The molecule has 0 amide bonds. The van der Waals surface area contributed by atoms with E-state index in [-0.39, 0.29) is 0 Å². The number of thioether (sulfide) groups is 1. The summed E-state index contributed by atoms with van der Waals surface area (Å²) in [6.07, 6.45) is 0. The fourth-order valence-electron chi connectivity index (χ4n) is 1.45. The maximum absolute atomic E-state index is 5.40. The molecule has 0 radical (unpaired) electrons. The van der Waals surface area contributed by atoms with Gasteiger partial charge in [0.05, 0.1) is 6.54 Å². The van der Waals surface area contributed by atoms with Gasteiger partial charge in [0.15, 0.2) is 0 Å². The summed E-state index contributed by atoms with van der Waals surface area (Å²) in [4.78, 5) is 2.12. The molecule has 1 atom stereocenters. The van der Waals surface area contributed by atoms with E-state index in [1.165, 1.54) is 0 Å². The molecule has 2 N–H and O–H groups in total. The second-order valence-electron chi connectivity index (χ2n) is 3.31. The predicted molar refractivity (Wildman–Crippen MR) is 56.3 cm³/mol. The van der Waals surface area contributed by atoms with Crippen LogP contribution in [-0.4, -0.2) is 34.3 Å². The predicted octanol–water partition coefficient (Wildman–Crippen LogP) is 0.470. The Morgan fingerprint density at radius 2 is 2.50 bits per heavy atom. The highest BCUT2D eigenvalue weighted by molar-refractivity contribution is 8.00. The molecule has 2 heterocycles. The molecule has 14 heavy (non-hydrogen) atoms. The van der Waals surface area contributed by atoms with Crippen molar-refractivity contribution < 1.29 is 4.42 Å². The lowest BCUT2D eigenvalue weighted by Crippen LogP contribution is -2.36. The van der Waals surface area contributed by atoms with Crippen LogP contribution in [0.5, 0.6) is 0 Å². The summed E-state index contributed by atoms with van der Waals surface area (Å²) in [5, 5.41) is 8.43. The third-order valence-electron chi connectivity index (χ3n) is 2.14. The average Bonchev–Trinajstić information content (AvgIpc) is 2.66. The Balaban J connectivity index is 2.06. The Bertz CT molecular complexity index is 303. The summed E-state index contributed by atoms with van der Waals surface area (Å²) in [5.41, 5.74) is 5.40. The molecule has 0 aliphatic carbocycles. The van der Waals surface area contributed by atoms with Crippen LogP contribution in [0.3, 0.4) is 0 Å². The van der Waals surface area contributed by atoms with Crippen LogP contribution in [0.15, 0.2) is 4.42 Å². The molecule has 6 heteroatoms. The van der Waals surface area contributed by atoms with E-state index >= 15 is 0 Å². The molecule has 0 bridgehead atoms. The molecule has 0 aromatic carbocycles. The van der Waals surface area contributed by atoms with Crippen LogP contribution in [0, 0.1) is 0 Å². The Morgan fingerprint density at radius 1 is 1.64 bits per heavy atom. The van der Waals surface area contributed by atoms with Crippen molar-refractivity contribution in [1.29, 1.82) is 0 Å². The van der Waals surface area contributed by atoms with Crippen molar-refractivity contribution in [3.8, 4) is 0 Å². The average molecular weight is 214 g/mol. The first-order valence-corrected chi connectivity index (χ1v) is 5.73. The molecule has 1 aliphatic heterocycles. The lowest BCUT2D eigenvalue weighted by molar-refractivity contribution is 0.485. The first-order valence-electron chi connectivity index (χ1n) is 4.68. The van der Waals surface area contributed by atoms with Crippen LogP contribution in [0.2, 0.25) is 0 Å². The SMILES string of the molecule is CC1CN(c2nnc(CN)o2)CCS1. The monoisotopic (exact) mass is 214 g/mol. The van der Waals surface area contributed by atoms with Gasteiger partial charge in [-0.2, -0.15) is 11.8 Å². The molecule has 1 unspecified atom stereocenters. The van der Waals surface area contributed by atoms with Crippen molar-refractivity contribution in [2.75, 3.05) is 23.7 Å². The highest BCUT2D eigenvalue weighted by Crippen LogP contribution is 2.22. The van der Waals surface area contributed by atoms with E-state index in [1.54, 1.807) is 0 Å². The fraction of sp³-hybridized carbons (Fsp3) is 0.750. The highest BCUT2D eigenvalue weighted by Gasteiger charge is 2.20. The fourth-order valence-corrected chi connectivity index (χ4v) is 2.46. The van der Waals surface area contributed by atoms with Crippen LogP contribution < -0.4 is 10.6 Å². The molecule has 1 fully saturated rings. The second kappa shape index (κ2) is 4.18.